The van der Waals surface area contributed by atoms with Gasteiger partial charge in [0.2, 0.25) is 35.3 Å². The number of carbonyl (C=O) groups excluding carboxylic acids is 6. The van der Waals surface area contributed by atoms with Gasteiger partial charge in [-0.25, -0.2) is 10.9 Å². The molecule has 378 valence electrons. The lowest BCUT2D eigenvalue weighted by atomic mass is 10.1. The molecule has 2 aliphatic rings. The molecule has 26 nitrogen and oxygen atoms in total. The number of aliphatic hydroxyl groups excluding tert-OH is 2. The van der Waals surface area contributed by atoms with E-state index in [9.17, 15) is 39.0 Å². The van der Waals surface area contributed by atoms with Crippen LogP contribution in [-0.2, 0) is 38.2 Å². The van der Waals surface area contributed by atoms with Gasteiger partial charge in [-0.1, -0.05) is 60.7 Å². The van der Waals surface area contributed by atoms with Gasteiger partial charge in [0.05, 0.1) is 36.5 Å². The Morgan fingerprint density at radius 1 is 0.614 bits per heavy atom. The Labute approximate surface area is 403 Å². The molecule has 70 heavy (non-hydrogen) atoms. The molecular weight excluding hydrogens is 913 g/mol. The minimum absolute atomic E-state index is 0.0833. The number of likely N-dealkylation sites (N-methyl/N-ethyl adjacent to an activating group) is 2. The molecule has 5 unspecified atom stereocenters. The van der Waals surface area contributed by atoms with Crippen molar-refractivity contribution in [3.05, 3.63) is 60.7 Å². The number of hydrogen-bond donors (Lipinski definition) is 8. The predicted molar refractivity (Wildman–Crippen MR) is 248 cm³/mol. The molecule has 0 bridgehead atoms. The number of likely N-dealkylation sites (tertiary alicyclic amines) is 2. The van der Waals surface area contributed by atoms with Crippen LogP contribution in [0.5, 0.6) is 0 Å². The fraction of sp³-hybridized carbons (Fsp3) is 0.545. The molecule has 6 amide bonds. The fourth-order valence-electron chi connectivity index (χ4n) is 7.90. The number of unbranched alkanes of at least 4 members (excludes halogenated alkanes) is 1. The van der Waals surface area contributed by atoms with E-state index in [1.807, 2.05) is 12.1 Å². The molecule has 0 aliphatic carbocycles. The Morgan fingerprint density at radius 3 is 1.34 bits per heavy atom. The number of nitrogens with zero attached hydrogens (tertiary/aromatic N) is 10. The van der Waals surface area contributed by atoms with Crippen LogP contribution in [0.2, 0.25) is 0 Å². The van der Waals surface area contributed by atoms with E-state index in [-0.39, 0.29) is 50.8 Å². The zero-order valence-corrected chi connectivity index (χ0v) is 39.8. The number of tetrazole rings is 2. The molecule has 2 aromatic heterocycles. The van der Waals surface area contributed by atoms with Gasteiger partial charge >= 0.3 is 0 Å². The number of aliphatic hydroxyl groups is 2. The smallest absolute Gasteiger partial charge is 0.263 e. The van der Waals surface area contributed by atoms with Crippen molar-refractivity contribution in [2.24, 2.45) is 0 Å². The molecule has 0 saturated carbocycles. The first kappa shape index (κ1) is 52.5. The molecule has 8 N–H and O–H groups in total. The van der Waals surface area contributed by atoms with Gasteiger partial charge in [0.1, 0.15) is 24.2 Å². The second kappa shape index (κ2) is 24.6. The van der Waals surface area contributed by atoms with Crippen molar-refractivity contribution in [2.75, 3.05) is 51.3 Å². The highest BCUT2D eigenvalue weighted by Crippen LogP contribution is 2.24. The van der Waals surface area contributed by atoms with Crippen molar-refractivity contribution in [3.63, 3.8) is 0 Å². The maximum Gasteiger partial charge on any atom is 0.263 e. The summed E-state index contributed by atoms with van der Waals surface area (Å²) in [6, 6.07) is 11.6. The summed E-state index contributed by atoms with van der Waals surface area (Å²) in [5.41, 5.74) is 6.49. The summed E-state index contributed by atoms with van der Waals surface area (Å²) < 4.78 is 12.2. The van der Waals surface area contributed by atoms with E-state index in [1.54, 1.807) is 90.3 Å². The van der Waals surface area contributed by atoms with Crippen molar-refractivity contribution in [1.29, 1.82) is 0 Å². The third kappa shape index (κ3) is 13.1. The van der Waals surface area contributed by atoms with Crippen molar-refractivity contribution < 1.29 is 48.5 Å². The molecule has 6 rings (SSSR count). The number of carbonyl (C=O) groups is 6. The lowest BCUT2D eigenvalue weighted by molar-refractivity contribution is -0.144. The van der Waals surface area contributed by atoms with Crippen molar-refractivity contribution in [1.82, 2.24) is 71.7 Å². The van der Waals surface area contributed by atoms with E-state index in [0.717, 1.165) is 9.58 Å². The summed E-state index contributed by atoms with van der Waals surface area (Å²) in [7, 11) is 3.18. The van der Waals surface area contributed by atoms with Gasteiger partial charge in [-0.2, -0.15) is 0 Å². The number of benzene rings is 2. The Hall–Kier alpha value is -6.84. The molecule has 4 aromatic rings. The summed E-state index contributed by atoms with van der Waals surface area (Å²) in [6.45, 7) is 6.28. The number of hydrogen-bond acceptors (Lipinski definition) is 18. The maximum atomic E-state index is 14.3. The average molecular weight is 975 g/mol. The molecule has 10 atom stereocenters. The largest absolute Gasteiger partial charge is 0.391 e. The maximum absolute atomic E-state index is 14.3. The monoisotopic (exact) mass is 974 g/mol. The standard InChI is InChI=1S/C44H62N16O10/c1-25(45-5)39(63)47-35(43(67)57-23-31(61)21-33(57)41(65)51-59-37(49-53-55-59)29-15-9-7-10-16-29)27(3)69-19-13-14-20-70-28(4)36(48-40(64)26(2)46-6)44(68)58-24-32(62)22-34(58)42(66)52-60-38(50-54-56-60)30-17-11-8-12-18-30/h7-12,15-18,25-28,31-36,45-46,61-62H,13-14,19-24H2,1-6H3,(H,47,63)(H,48,64)(H,51,65)(H,52,66)/t25-,26-,27+,28?,31?,32?,33-,34?,35?,36-/m0/s1. The SMILES string of the molecule is CN[C@@H](C)C(=O)NC(C(=O)N1CC(O)C[C@H]1C(=O)Nn1nnnc1-c1ccccc1)[C@@H](C)OCCCCOC(C)[C@H](NC(=O)[C@H](C)NC)C(=O)N1CC(O)CC1C(=O)Nn1nnnc1-c1ccccc1. The van der Waals surface area contributed by atoms with E-state index in [4.69, 9.17) is 9.47 Å². The van der Waals surface area contributed by atoms with Crippen LogP contribution in [-0.4, -0.2) is 197 Å². The highest BCUT2D eigenvalue weighted by atomic mass is 16.5. The molecule has 0 spiro atoms. The highest BCUT2D eigenvalue weighted by Gasteiger charge is 2.45. The van der Waals surface area contributed by atoms with Crippen molar-refractivity contribution in [2.45, 2.75) is 114 Å². The number of nitrogens with one attached hydrogen (secondary N) is 6. The molecule has 4 heterocycles. The van der Waals surface area contributed by atoms with Crippen LogP contribution in [0.3, 0.4) is 0 Å². The van der Waals surface area contributed by atoms with E-state index in [2.05, 4.69) is 63.2 Å². The zero-order valence-electron chi connectivity index (χ0n) is 39.8. The molecule has 2 aliphatic heterocycles. The van der Waals surface area contributed by atoms with Crippen LogP contribution in [0.15, 0.2) is 60.7 Å². The van der Waals surface area contributed by atoms with Gasteiger partial charge in [0, 0.05) is 50.3 Å². The predicted octanol–water partition coefficient (Wildman–Crippen LogP) is -2.47. The van der Waals surface area contributed by atoms with Crippen LogP contribution < -0.4 is 32.1 Å². The van der Waals surface area contributed by atoms with Crippen LogP contribution in [0.4, 0.5) is 0 Å². The molecule has 26 heteroatoms. The lowest BCUT2D eigenvalue weighted by Gasteiger charge is -2.32. The van der Waals surface area contributed by atoms with Crippen LogP contribution >= 0.6 is 0 Å². The number of aromatic nitrogens is 8. The molecule has 2 aromatic carbocycles. The summed E-state index contributed by atoms with van der Waals surface area (Å²) >= 11 is 0. The highest BCUT2D eigenvalue weighted by molar-refractivity contribution is 5.97. The molecular formula is C44H62N16O10. The third-order valence-corrected chi connectivity index (χ3v) is 12.2. The van der Waals surface area contributed by atoms with E-state index < -0.39 is 96.1 Å². The number of amides is 6. The summed E-state index contributed by atoms with van der Waals surface area (Å²) in [5, 5.41) is 55.7. The van der Waals surface area contributed by atoms with Gasteiger partial charge in [-0.15, -0.1) is 19.8 Å². The molecule has 2 saturated heterocycles. The minimum atomic E-state index is -1.27. The Balaban J connectivity index is 1.06. The van der Waals surface area contributed by atoms with E-state index >= 15 is 0 Å². The summed E-state index contributed by atoms with van der Waals surface area (Å²) in [4.78, 5) is 87.0. The first-order valence-electron chi connectivity index (χ1n) is 23.1. The molecule has 0 radical (unpaired) electrons. The topological polar surface area (TPSA) is 327 Å². The lowest BCUT2D eigenvalue weighted by Crippen LogP contribution is -2.59. The summed E-state index contributed by atoms with van der Waals surface area (Å²) in [5.74, 6) is -3.13. The van der Waals surface area contributed by atoms with Gasteiger partial charge in [0.25, 0.3) is 11.8 Å². The van der Waals surface area contributed by atoms with Crippen LogP contribution in [0.25, 0.3) is 22.8 Å². The third-order valence-electron chi connectivity index (χ3n) is 12.2. The second-order valence-electron chi connectivity index (χ2n) is 17.2. The first-order valence-corrected chi connectivity index (χ1v) is 23.1. The van der Waals surface area contributed by atoms with Gasteiger partial charge in [-0.05, 0) is 75.5 Å². The Morgan fingerprint density at radius 2 is 0.986 bits per heavy atom. The average Bonchev–Trinajstić information content (AvgIpc) is 4.20. The second-order valence-corrected chi connectivity index (χ2v) is 17.2. The van der Waals surface area contributed by atoms with Crippen molar-refractivity contribution in [3.8, 4) is 22.8 Å². The number of rotatable bonds is 23. The van der Waals surface area contributed by atoms with Crippen LogP contribution in [0.1, 0.15) is 53.4 Å². The number of ether oxygens (including phenoxy) is 2. The van der Waals surface area contributed by atoms with Gasteiger partial charge in [0.15, 0.2) is 0 Å². The van der Waals surface area contributed by atoms with Crippen LogP contribution in [0, 0.1) is 0 Å². The van der Waals surface area contributed by atoms with Gasteiger partial charge in [-0.3, -0.25) is 28.8 Å². The Kier molecular flexibility index (Phi) is 18.5. The van der Waals surface area contributed by atoms with E-state index in [1.165, 1.54) is 9.80 Å². The van der Waals surface area contributed by atoms with E-state index in [0.29, 0.717) is 24.0 Å². The quantitative estimate of drug-likeness (QED) is 0.0357. The minimum Gasteiger partial charge on any atom is -0.391 e. The first-order chi connectivity index (χ1) is 33.6. The normalized spacial score (nSPS) is 20.5. The van der Waals surface area contributed by atoms with Crippen molar-refractivity contribution >= 4 is 35.4 Å². The van der Waals surface area contributed by atoms with Gasteiger partial charge < -0.3 is 50.8 Å². The Bertz CT molecular complexity index is 2230. The summed E-state index contributed by atoms with van der Waals surface area (Å²) in [6.07, 6.45) is -3.28. The zero-order chi connectivity index (χ0) is 50.5. The fourth-order valence-corrected chi connectivity index (χ4v) is 7.90. The number of β-amino-alcohol motifs (C(OH)–C–C–N with tert-alkyl or cyclic N) is 2. The molecule has 2 fully saturated rings.